The molecule has 1 aromatic carbocycles. The van der Waals surface area contributed by atoms with Gasteiger partial charge in [0, 0.05) is 31.5 Å². The Kier molecular flexibility index (Phi) is 6.18. The van der Waals surface area contributed by atoms with E-state index >= 15 is 0 Å². The molecule has 3 aliphatic heterocycles. The number of likely N-dealkylation sites (tertiary alicyclic amines) is 1. The highest BCUT2D eigenvalue weighted by Crippen LogP contribution is 2.36. The predicted molar refractivity (Wildman–Crippen MR) is 113 cm³/mol. The average molecular weight is 430 g/mol. The van der Waals surface area contributed by atoms with Gasteiger partial charge < -0.3 is 25.3 Å². The minimum atomic E-state index is -1.30. The topological polar surface area (TPSA) is 110 Å². The number of aliphatic hydroxyl groups excluding tert-OH is 1. The zero-order valence-electron chi connectivity index (χ0n) is 17.8. The number of fused-ring (bicyclic) bond motifs is 1. The molecule has 0 aromatic heterocycles. The highest BCUT2D eigenvalue weighted by Gasteiger charge is 2.47. The standard InChI is InChI=1S/C23H31N3O5/c1-14-11-17-7-8-19(26(17)21(28)18(12-20(14)27)24-23(30)31)22(29)25-10-9-16(13-25)15-5-3-2-4-6-15/h2-6,14,16-20,24,27H,7-13H2,1H3,(H,30,31)/t14-,16+,17+,18-,19-,20-/m0/s1. The van der Waals surface area contributed by atoms with Crippen LogP contribution in [0.15, 0.2) is 30.3 Å². The van der Waals surface area contributed by atoms with Gasteiger partial charge in [-0.3, -0.25) is 9.59 Å². The molecular weight excluding hydrogens is 398 g/mol. The van der Waals surface area contributed by atoms with Gasteiger partial charge in [-0.05, 0) is 37.2 Å². The fourth-order valence-corrected chi connectivity index (χ4v) is 5.47. The van der Waals surface area contributed by atoms with Crippen molar-refractivity contribution in [1.29, 1.82) is 0 Å². The molecule has 3 N–H and O–H groups in total. The fourth-order valence-electron chi connectivity index (χ4n) is 5.47. The van der Waals surface area contributed by atoms with Crippen LogP contribution in [0.2, 0.25) is 0 Å². The van der Waals surface area contributed by atoms with Crippen molar-refractivity contribution in [1.82, 2.24) is 15.1 Å². The van der Waals surface area contributed by atoms with E-state index in [0.717, 1.165) is 6.42 Å². The molecule has 4 rings (SSSR count). The first-order chi connectivity index (χ1) is 14.8. The van der Waals surface area contributed by atoms with Crippen molar-refractivity contribution in [2.75, 3.05) is 13.1 Å². The number of benzene rings is 1. The van der Waals surface area contributed by atoms with Crippen LogP contribution in [0.1, 0.15) is 50.5 Å². The first-order valence-electron chi connectivity index (χ1n) is 11.2. The molecule has 3 heterocycles. The number of carbonyl (C=O) groups excluding carboxylic acids is 2. The summed E-state index contributed by atoms with van der Waals surface area (Å²) >= 11 is 0. The molecule has 3 amide bonds. The number of carboxylic acid groups (broad SMARTS) is 1. The van der Waals surface area contributed by atoms with Crippen LogP contribution >= 0.6 is 0 Å². The molecule has 6 atom stereocenters. The molecule has 3 saturated heterocycles. The number of amides is 3. The number of carbonyl (C=O) groups is 3. The molecule has 3 aliphatic rings. The maximum absolute atomic E-state index is 13.4. The van der Waals surface area contributed by atoms with Crippen LogP contribution in [0.5, 0.6) is 0 Å². The number of hydrogen-bond acceptors (Lipinski definition) is 4. The maximum Gasteiger partial charge on any atom is 0.405 e. The van der Waals surface area contributed by atoms with Gasteiger partial charge in [-0.25, -0.2) is 4.79 Å². The van der Waals surface area contributed by atoms with Gasteiger partial charge in [0.1, 0.15) is 12.1 Å². The van der Waals surface area contributed by atoms with Crippen LogP contribution in [-0.4, -0.2) is 75.2 Å². The van der Waals surface area contributed by atoms with Crippen molar-refractivity contribution < 1.29 is 24.6 Å². The van der Waals surface area contributed by atoms with E-state index < -0.39 is 30.2 Å². The zero-order valence-corrected chi connectivity index (χ0v) is 17.8. The summed E-state index contributed by atoms with van der Waals surface area (Å²) in [5, 5.41) is 21.9. The maximum atomic E-state index is 13.4. The first-order valence-corrected chi connectivity index (χ1v) is 11.2. The minimum absolute atomic E-state index is 0.0240. The van der Waals surface area contributed by atoms with Crippen LogP contribution in [0, 0.1) is 5.92 Å². The van der Waals surface area contributed by atoms with Crippen molar-refractivity contribution in [3.8, 4) is 0 Å². The fraction of sp³-hybridized carbons (Fsp3) is 0.609. The van der Waals surface area contributed by atoms with Gasteiger partial charge in [-0.1, -0.05) is 37.3 Å². The van der Waals surface area contributed by atoms with Gasteiger partial charge in [0.2, 0.25) is 11.8 Å². The third-order valence-electron chi connectivity index (χ3n) is 7.19. The molecule has 0 unspecified atom stereocenters. The molecule has 3 fully saturated rings. The molecule has 168 valence electrons. The molecule has 0 saturated carbocycles. The smallest absolute Gasteiger partial charge is 0.405 e. The molecule has 0 spiro atoms. The molecule has 8 nitrogen and oxygen atoms in total. The molecule has 0 radical (unpaired) electrons. The van der Waals surface area contributed by atoms with E-state index in [1.54, 1.807) is 4.90 Å². The zero-order chi connectivity index (χ0) is 22.1. The van der Waals surface area contributed by atoms with Crippen molar-refractivity contribution in [2.45, 2.75) is 69.2 Å². The molecule has 1 aromatic rings. The Balaban J connectivity index is 1.51. The van der Waals surface area contributed by atoms with Crippen molar-refractivity contribution in [3.63, 3.8) is 0 Å². The van der Waals surface area contributed by atoms with E-state index in [9.17, 15) is 24.6 Å². The lowest BCUT2D eigenvalue weighted by Gasteiger charge is -2.39. The van der Waals surface area contributed by atoms with Crippen LogP contribution in [0.3, 0.4) is 0 Å². The highest BCUT2D eigenvalue weighted by molar-refractivity contribution is 5.92. The van der Waals surface area contributed by atoms with Crippen molar-refractivity contribution in [2.24, 2.45) is 5.92 Å². The second-order valence-electron chi connectivity index (χ2n) is 9.19. The van der Waals surface area contributed by atoms with E-state index in [-0.39, 0.29) is 24.3 Å². The van der Waals surface area contributed by atoms with Crippen molar-refractivity contribution in [3.05, 3.63) is 35.9 Å². The van der Waals surface area contributed by atoms with Crippen molar-refractivity contribution >= 4 is 17.9 Å². The number of rotatable bonds is 3. The highest BCUT2D eigenvalue weighted by atomic mass is 16.4. The first kappa shape index (κ1) is 21.6. The van der Waals surface area contributed by atoms with E-state index in [1.807, 2.05) is 30.0 Å². The van der Waals surface area contributed by atoms with Gasteiger partial charge in [0.15, 0.2) is 0 Å². The Morgan fingerprint density at radius 1 is 1.10 bits per heavy atom. The number of nitrogens with one attached hydrogen (secondary N) is 1. The normalized spacial score (nSPS) is 33.5. The molecular formula is C23H31N3O5. The molecule has 8 heteroatoms. The molecule has 0 aliphatic carbocycles. The summed E-state index contributed by atoms with van der Waals surface area (Å²) < 4.78 is 0. The van der Waals surface area contributed by atoms with Gasteiger partial charge in [0.05, 0.1) is 6.10 Å². The van der Waals surface area contributed by atoms with Crippen LogP contribution < -0.4 is 5.32 Å². The summed E-state index contributed by atoms with van der Waals surface area (Å²) in [7, 11) is 0. The summed E-state index contributed by atoms with van der Waals surface area (Å²) in [5.74, 6) is -0.228. The van der Waals surface area contributed by atoms with Gasteiger partial charge in [-0.15, -0.1) is 0 Å². The SMILES string of the molecule is C[C@H]1C[C@H]2CC[C@@H](C(=O)N3CC[C@@H](c4ccccc4)C3)N2C(=O)[C@@H](NC(=O)O)C[C@@H]1O. The lowest BCUT2D eigenvalue weighted by Crippen LogP contribution is -2.58. The second-order valence-corrected chi connectivity index (χ2v) is 9.19. The van der Waals surface area contributed by atoms with E-state index in [1.165, 1.54) is 5.56 Å². The third-order valence-corrected chi connectivity index (χ3v) is 7.19. The van der Waals surface area contributed by atoms with Crippen LogP contribution in [0.25, 0.3) is 0 Å². The lowest BCUT2D eigenvalue weighted by molar-refractivity contribution is -0.148. The Hall–Kier alpha value is -2.61. The number of hydrogen-bond donors (Lipinski definition) is 3. The van der Waals surface area contributed by atoms with Gasteiger partial charge >= 0.3 is 6.09 Å². The summed E-state index contributed by atoms with van der Waals surface area (Å²) in [6.07, 6.45) is 0.732. The predicted octanol–water partition coefficient (Wildman–Crippen LogP) is 1.79. The second kappa shape index (κ2) is 8.86. The summed E-state index contributed by atoms with van der Waals surface area (Å²) in [4.78, 5) is 41.5. The average Bonchev–Trinajstić information content (AvgIpc) is 3.39. The summed E-state index contributed by atoms with van der Waals surface area (Å²) in [5.41, 5.74) is 1.22. The lowest BCUT2D eigenvalue weighted by atomic mass is 9.88. The summed E-state index contributed by atoms with van der Waals surface area (Å²) in [6.45, 7) is 3.21. The van der Waals surface area contributed by atoms with E-state index in [4.69, 9.17) is 0 Å². The van der Waals surface area contributed by atoms with Gasteiger partial charge in [0.25, 0.3) is 0 Å². The number of nitrogens with zero attached hydrogens (tertiary/aromatic N) is 2. The Morgan fingerprint density at radius 3 is 2.55 bits per heavy atom. The Bertz CT molecular complexity index is 832. The van der Waals surface area contributed by atoms with Gasteiger partial charge in [-0.2, -0.15) is 0 Å². The quantitative estimate of drug-likeness (QED) is 0.679. The number of aliphatic hydroxyl groups is 1. The molecule has 31 heavy (non-hydrogen) atoms. The van der Waals surface area contributed by atoms with Crippen LogP contribution in [-0.2, 0) is 9.59 Å². The van der Waals surface area contributed by atoms with Crippen LogP contribution in [0.4, 0.5) is 4.79 Å². The third kappa shape index (κ3) is 4.39. The largest absolute Gasteiger partial charge is 0.465 e. The monoisotopic (exact) mass is 429 g/mol. The van der Waals surface area contributed by atoms with E-state index in [0.29, 0.717) is 38.3 Å². The minimum Gasteiger partial charge on any atom is -0.465 e. The Labute approximate surface area is 182 Å². The Morgan fingerprint density at radius 2 is 1.84 bits per heavy atom. The molecule has 0 bridgehead atoms. The summed E-state index contributed by atoms with van der Waals surface area (Å²) in [6, 6.07) is 8.40. The van der Waals surface area contributed by atoms with E-state index in [2.05, 4.69) is 17.4 Å².